The van der Waals surface area contributed by atoms with E-state index in [0.717, 1.165) is 0 Å². The van der Waals surface area contributed by atoms with Crippen molar-refractivity contribution in [3.63, 3.8) is 0 Å². The van der Waals surface area contributed by atoms with Crippen molar-refractivity contribution in [2.24, 2.45) is 0 Å². The van der Waals surface area contributed by atoms with Gasteiger partial charge in [0.15, 0.2) is 0 Å². The number of hydrogen-bond donors (Lipinski definition) is 0. The minimum atomic E-state index is -2.22. The van der Waals surface area contributed by atoms with E-state index in [1.165, 1.54) is 12.0 Å². The van der Waals surface area contributed by atoms with Gasteiger partial charge >= 0.3 is 180 Å². The zero-order valence-corrected chi connectivity index (χ0v) is 21.6. The Labute approximate surface area is 178 Å². The van der Waals surface area contributed by atoms with E-state index in [1.54, 1.807) is 12.7 Å². The summed E-state index contributed by atoms with van der Waals surface area (Å²) in [7, 11) is 0. The molecule has 0 saturated heterocycles. The Kier molecular flexibility index (Phi) is 5.65. The fraction of sp³-hybridized carbons (Fsp3) is 0.0769. The number of rotatable bonds is 5. The van der Waals surface area contributed by atoms with Gasteiger partial charge in [0.25, 0.3) is 0 Å². The molecule has 2 aliphatic carbocycles. The van der Waals surface area contributed by atoms with Crippen molar-refractivity contribution in [1.29, 1.82) is 0 Å². The Morgan fingerprint density at radius 1 is 0.750 bits per heavy atom. The summed E-state index contributed by atoms with van der Waals surface area (Å²) in [6.07, 6.45) is 13.3. The van der Waals surface area contributed by atoms with E-state index in [-0.39, 0.29) is 0 Å². The molecular weight excluding hydrogens is 522 g/mol. The summed E-state index contributed by atoms with van der Waals surface area (Å²) in [5.74, 6) is 0. The van der Waals surface area contributed by atoms with Gasteiger partial charge < -0.3 is 0 Å². The molecule has 0 N–H and O–H groups in total. The first-order valence-electron chi connectivity index (χ1n) is 10.0. The molecule has 2 aliphatic rings. The number of hydrogen-bond acceptors (Lipinski definition) is 0. The van der Waals surface area contributed by atoms with Crippen LogP contribution in [0.2, 0.25) is 0 Å². The van der Waals surface area contributed by atoms with Gasteiger partial charge in [0.05, 0.1) is 0 Å². The van der Waals surface area contributed by atoms with Gasteiger partial charge in [-0.25, -0.2) is 0 Å². The molecule has 0 amide bonds. The van der Waals surface area contributed by atoms with Crippen LogP contribution < -0.4 is 7.16 Å². The molecule has 0 heterocycles. The molecule has 2 heteroatoms. The Hall–Kier alpha value is -1.44. The fourth-order valence-electron chi connectivity index (χ4n) is 4.59. The van der Waals surface area contributed by atoms with Gasteiger partial charge in [-0.1, -0.05) is 0 Å². The van der Waals surface area contributed by atoms with Crippen LogP contribution >= 0.6 is 0 Å². The van der Waals surface area contributed by atoms with Crippen LogP contribution in [0.15, 0.2) is 113 Å². The molecule has 0 bridgehead atoms. The van der Waals surface area contributed by atoms with Crippen molar-refractivity contribution in [2.45, 2.75) is 10.0 Å². The maximum absolute atomic E-state index is 2.56. The van der Waals surface area contributed by atoms with E-state index in [4.69, 9.17) is 0 Å². The third-order valence-electron chi connectivity index (χ3n) is 5.85. The molecule has 28 heavy (non-hydrogen) atoms. The third kappa shape index (κ3) is 3.60. The SMILES string of the molecule is C1=CC[C]([Zr]([CH]2C=Cc3ccccc32)[SnH]([c]2ccccc2)[c]2ccccc2)=C1. The zero-order valence-electron chi connectivity index (χ0n) is 15.8. The summed E-state index contributed by atoms with van der Waals surface area (Å²) in [6, 6.07) is 32.2. The van der Waals surface area contributed by atoms with Gasteiger partial charge in [-0.15, -0.1) is 0 Å². The van der Waals surface area contributed by atoms with Crippen LogP contribution in [0.1, 0.15) is 21.2 Å². The molecule has 0 fully saturated rings. The summed E-state index contributed by atoms with van der Waals surface area (Å²) < 4.78 is 5.89. The normalized spacial score (nSPS) is 17.0. The molecule has 135 valence electrons. The number of allylic oxidation sites excluding steroid dienone is 5. The van der Waals surface area contributed by atoms with Crippen molar-refractivity contribution in [1.82, 2.24) is 0 Å². The van der Waals surface area contributed by atoms with Gasteiger partial charge in [-0.3, -0.25) is 0 Å². The molecule has 1 atom stereocenters. The van der Waals surface area contributed by atoms with E-state index in [1.807, 2.05) is 3.28 Å². The first-order chi connectivity index (χ1) is 13.9. The van der Waals surface area contributed by atoms with E-state index < -0.39 is 32.8 Å². The van der Waals surface area contributed by atoms with Crippen molar-refractivity contribution >= 4 is 28.5 Å². The second-order valence-corrected chi connectivity index (χ2v) is 39.1. The average molecular weight is 545 g/mol. The van der Waals surface area contributed by atoms with Crippen LogP contribution in [0.25, 0.3) is 6.08 Å². The monoisotopic (exact) mass is 545 g/mol. The molecule has 0 spiro atoms. The molecule has 3 aromatic carbocycles. The number of fused-ring (bicyclic) bond motifs is 1. The summed E-state index contributed by atoms with van der Waals surface area (Å²) in [4.78, 5) is 0. The Balaban J connectivity index is 1.68. The van der Waals surface area contributed by atoms with Crippen LogP contribution in [-0.2, 0) is 17.6 Å². The zero-order chi connectivity index (χ0) is 18.8. The van der Waals surface area contributed by atoms with Crippen LogP contribution in [0.4, 0.5) is 0 Å². The van der Waals surface area contributed by atoms with E-state index in [9.17, 15) is 0 Å². The molecule has 1 unspecified atom stereocenters. The molecule has 0 aromatic heterocycles. The van der Waals surface area contributed by atoms with Gasteiger partial charge in [0.1, 0.15) is 0 Å². The van der Waals surface area contributed by atoms with Gasteiger partial charge in [-0.05, 0) is 0 Å². The second kappa shape index (κ2) is 8.51. The molecule has 0 aliphatic heterocycles. The first kappa shape index (κ1) is 18.6. The summed E-state index contributed by atoms with van der Waals surface area (Å²) >= 11 is -4.21. The first-order valence-corrected chi connectivity index (χ1v) is 27.1. The van der Waals surface area contributed by atoms with Crippen molar-refractivity contribution in [3.8, 4) is 0 Å². The third-order valence-corrected chi connectivity index (χ3v) is 52.8. The van der Waals surface area contributed by atoms with Gasteiger partial charge in [0, 0.05) is 0 Å². The topological polar surface area (TPSA) is 0 Å². The van der Waals surface area contributed by atoms with E-state index in [0.29, 0.717) is 3.63 Å². The summed E-state index contributed by atoms with van der Waals surface area (Å²) in [5, 5.41) is 0. The maximum atomic E-state index is 2.56. The van der Waals surface area contributed by atoms with Crippen LogP contribution in [0, 0.1) is 0 Å². The average Bonchev–Trinajstić information content (AvgIpc) is 3.44. The van der Waals surface area contributed by atoms with Crippen LogP contribution in [0.5, 0.6) is 0 Å². The molecule has 5 rings (SSSR count). The molecule has 0 nitrogen and oxygen atoms in total. The minimum absolute atomic E-state index is 0.686. The fourth-order valence-corrected chi connectivity index (χ4v) is 56.8. The quantitative estimate of drug-likeness (QED) is 0.406. The standard InChI is InChI=1S/C9H7.2C6H5.C5H5.Sn.Zr.H/c1-2-5-9-7-3-6-8(9)4-1;2*1-2-4-6-5-3-1;1-2-4-5-3-1;;;/h1-7H;2*1-5H;1-3H,4H2;;;. The van der Waals surface area contributed by atoms with Gasteiger partial charge in [-0.2, -0.15) is 0 Å². The van der Waals surface area contributed by atoms with E-state index in [2.05, 4.69) is 115 Å². The second-order valence-electron chi connectivity index (χ2n) is 7.50. The Bertz CT molecular complexity index is 1010. The molecule has 0 saturated carbocycles. The molecule has 3 aromatic rings. The Morgan fingerprint density at radius 3 is 2.04 bits per heavy atom. The van der Waals surface area contributed by atoms with Crippen LogP contribution in [-0.4, -0.2) is 15.2 Å². The van der Waals surface area contributed by atoms with Crippen molar-refractivity contribution < 1.29 is 17.6 Å². The van der Waals surface area contributed by atoms with Crippen LogP contribution in [0.3, 0.4) is 0 Å². The Morgan fingerprint density at radius 2 is 1.39 bits per heavy atom. The molecular formula is C26H23SnZr. The number of benzene rings is 3. The summed E-state index contributed by atoms with van der Waals surface area (Å²) in [5.41, 5.74) is 3.04. The van der Waals surface area contributed by atoms with Crippen molar-refractivity contribution in [2.75, 3.05) is 0 Å². The van der Waals surface area contributed by atoms with Crippen molar-refractivity contribution in [3.05, 3.63) is 124 Å². The molecule has 0 radical (unpaired) electrons. The van der Waals surface area contributed by atoms with Gasteiger partial charge in [0.2, 0.25) is 0 Å². The predicted molar refractivity (Wildman–Crippen MR) is 119 cm³/mol. The van der Waals surface area contributed by atoms with E-state index >= 15 is 0 Å². The summed E-state index contributed by atoms with van der Waals surface area (Å²) in [6.45, 7) is 0. The predicted octanol–water partition coefficient (Wildman–Crippen LogP) is 4.75.